The molecule has 3 atom stereocenters. The molecule has 2 aliphatic carbocycles. The van der Waals surface area contributed by atoms with Gasteiger partial charge in [0.05, 0.1) is 0 Å². The highest BCUT2D eigenvalue weighted by Crippen LogP contribution is 2.71. The van der Waals surface area contributed by atoms with Crippen LogP contribution in [0.4, 0.5) is 0 Å². The summed E-state index contributed by atoms with van der Waals surface area (Å²) >= 11 is 0. The van der Waals surface area contributed by atoms with Gasteiger partial charge in [-0.3, -0.25) is 4.84 Å². The minimum atomic E-state index is 0.0446. The second kappa shape index (κ2) is 1.60. The van der Waals surface area contributed by atoms with Gasteiger partial charge in [0.15, 0.2) is 5.72 Å². The number of rotatable bonds is 0. The van der Waals surface area contributed by atoms with E-state index < -0.39 is 0 Å². The van der Waals surface area contributed by atoms with Gasteiger partial charge >= 0.3 is 0 Å². The maximum atomic E-state index is 5.56. The molecule has 0 aromatic rings. The first-order valence-electron chi connectivity index (χ1n) is 4.97. The summed E-state index contributed by atoms with van der Waals surface area (Å²) in [5, 5.41) is 0. The monoisotopic (exact) mass is 167 g/mol. The van der Waals surface area contributed by atoms with Crippen molar-refractivity contribution < 1.29 is 4.84 Å². The number of hydrogen-bond donors (Lipinski definition) is 1. The number of hydrogen-bond acceptors (Lipinski definition) is 2. The number of fused-ring (bicyclic) bond motifs is 3. The molecule has 1 spiro atoms. The Labute approximate surface area is 73.6 Å². The summed E-state index contributed by atoms with van der Waals surface area (Å²) in [6.45, 7) is 7.08. The highest BCUT2D eigenvalue weighted by atomic mass is 16.8. The maximum Gasteiger partial charge on any atom is 0.172 e. The average Bonchev–Trinajstić information content (AvgIpc) is 2.68. The second-order valence-corrected chi connectivity index (χ2v) is 5.61. The second-order valence-electron chi connectivity index (χ2n) is 5.61. The molecular weight excluding hydrogens is 150 g/mol. The molecule has 3 fully saturated rings. The third-order valence-electron chi connectivity index (χ3n) is 4.83. The highest BCUT2D eigenvalue weighted by molar-refractivity contribution is 5.20. The summed E-state index contributed by atoms with van der Waals surface area (Å²) in [7, 11) is 0. The van der Waals surface area contributed by atoms with Crippen LogP contribution in [0.3, 0.4) is 0 Å². The van der Waals surface area contributed by atoms with Crippen LogP contribution in [0.15, 0.2) is 0 Å². The quantitative estimate of drug-likeness (QED) is 0.560. The molecule has 0 unspecified atom stereocenters. The largest absolute Gasteiger partial charge is 0.273 e. The van der Waals surface area contributed by atoms with Crippen molar-refractivity contribution in [2.24, 2.45) is 16.7 Å². The molecule has 0 radical (unpaired) electrons. The van der Waals surface area contributed by atoms with E-state index in [4.69, 9.17) is 4.84 Å². The zero-order valence-electron chi connectivity index (χ0n) is 8.11. The molecule has 0 aromatic heterocycles. The van der Waals surface area contributed by atoms with Crippen molar-refractivity contribution in [2.45, 2.75) is 45.8 Å². The van der Waals surface area contributed by atoms with E-state index in [0.29, 0.717) is 10.8 Å². The summed E-state index contributed by atoms with van der Waals surface area (Å²) in [6, 6.07) is 0. The number of nitrogens with one attached hydrogen (secondary N) is 1. The van der Waals surface area contributed by atoms with E-state index in [2.05, 4.69) is 26.3 Å². The molecule has 0 aromatic carbocycles. The van der Waals surface area contributed by atoms with Gasteiger partial charge in [0.1, 0.15) is 0 Å². The van der Waals surface area contributed by atoms with Crippen molar-refractivity contribution in [3.05, 3.63) is 0 Å². The third kappa shape index (κ3) is 0.495. The molecule has 2 saturated carbocycles. The van der Waals surface area contributed by atoms with Crippen LogP contribution in [0.25, 0.3) is 0 Å². The van der Waals surface area contributed by atoms with Crippen molar-refractivity contribution in [3.63, 3.8) is 0 Å². The fraction of sp³-hybridized carbons (Fsp3) is 1.00. The number of hydroxylamine groups is 1. The Kier molecular flexibility index (Phi) is 0.978. The predicted molar refractivity (Wildman–Crippen MR) is 46.2 cm³/mol. The van der Waals surface area contributed by atoms with Crippen LogP contribution in [0.2, 0.25) is 0 Å². The SMILES string of the molecule is CC1(C)[C@H]2CC[C@](C)(C2)[C@@]12NO2. The van der Waals surface area contributed by atoms with Crippen molar-refractivity contribution in [3.8, 4) is 0 Å². The van der Waals surface area contributed by atoms with Gasteiger partial charge in [0, 0.05) is 10.8 Å². The Morgan fingerprint density at radius 3 is 2.33 bits per heavy atom. The van der Waals surface area contributed by atoms with E-state index in [1.165, 1.54) is 19.3 Å². The minimum absolute atomic E-state index is 0.0446. The van der Waals surface area contributed by atoms with E-state index in [0.717, 1.165) is 5.92 Å². The molecule has 3 rings (SSSR count). The highest BCUT2D eigenvalue weighted by Gasteiger charge is 2.77. The zero-order chi connectivity index (χ0) is 8.61. The molecule has 68 valence electrons. The van der Waals surface area contributed by atoms with Crippen molar-refractivity contribution in [2.75, 3.05) is 0 Å². The smallest absolute Gasteiger partial charge is 0.172 e. The van der Waals surface area contributed by atoms with Crippen molar-refractivity contribution in [1.29, 1.82) is 0 Å². The third-order valence-corrected chi connectivity index (χ3v) is 4.83. The Morgan fingerprint density at radius 1 is 1.33 bits per heavy atom. The lowest BCUT2D eigenvalue weighted by Crippen LogP contribution is -2.46. The van der Waals surface area contributed by atoms with Crippen LogP contribution in [0, 0.1) is 16.7 Å². The maximum absolute atomic E-state index is 5.56. The van der Waals surface area contributed by atoms with Gasteiger partial charge in [-0.15, -0.1) is 0 Å². The standard InChI is InChI=1S/C10H17NO/c1-8(2)7-4-5-9(3,6-7)10(8)11-12-10/h7,11H,4-6H2,1-3H3/t7-,9+,10+/m0/s1. The van der Waals surface area contributed by atoms with Gasteiger partial charge in [0.25, 0.3) is 0 Å². The fourth-order valence-corrected chi connectivity index (χ4v) is 3.80. The Hall–Kier alpha value is -0.0800. The summed E-state index contributed by atoms with van der Waals surface area (Å²) in [6.07, 6.45) is 4.09. The van der Waals surface area contributed by atoms with Crippen LogP contribution >= 0.6 is 0 Å². The Morgan fingerprint density at radius 2 is 2.00 bits per heavy atom. The molecule has 1 heterocycles. The van der Waals surface area contributed by atoms with Crippen molar-refractivity contribution in [1.82, 2.24) is 5.48 Å². The molecule has 12 heavy (non-hydrogen) atoms. The van der Waals surface area contributed by atoms with Crippen LogP contribution in [-0.4, -0.2) is 5.72 Å². The topological polar surface area (TPSA) is 34.5 Å². The van der Waals surface area contributed by atoms with Crippen molar-refractivity contribution >= 4 is 0 Å². The molecule has 1 N–H and O–H groups in total. The molecule has 2 nitrogen and oxygen atoms in total. The molecular formula is C10H17NO. The lowest BCUT2D eigenvalue weighted by atomic mass is 9.67. The lowest BCUT2D eigenvalue weighted by molar-refractivity contribution is 0.0304. The first-order chi connectivity index (χ1) is 5.52. The van der Waals surface area contributed by atoms with Gasteiger partial charge in [-0.1, -0.05) is 20.8 Å². The van der Waals surface area contributed by atoms with Gasteiger partial charge in [0.2, 0.25) is 0 Å². The van der Waals surface area contributed by atoms with Crippen LogP contribution in [0.5, 0.6) is 0 Å². The van der Waals surface area contributed by atoms with E-state index in [1.807, 2.05) is 0 Å². The van der Waals surface area contributed by atoms with Gasteiger partial charge < -0.3 is 0 Å². The Bertz CT molecular complexity index is 237. The normalized spacial score (nSPS) is 59.8. The summed E-state index contributed by atoms with van der Waals surface area (Å²) in [4.78, 5) is 5.56. The molecule has 1 saturated heterocycles. The molecule has 0 amide bonds. The lowest BCUT2D eigenvalue weighted by Gasteiger charge is -2.38. The van der Waals surface area contributed by atoms with Gasteiger partial charge in [-0.2, -0.15) is 5.48 Å². The summed E-state index contributed by atoms with van der Waals surface area (Å²) in [5.41, 5.74) is 3.98. The predicted octanol–water partition coefficient (Wildman–Crippen LogP) is 2.06. The minimum Gasteiger partial charge on any atom is -0.273 e. The van der Waals surface area contributed by atoms with E-state index >= 15 is 0 Å². The first kappa shape index (κ1) is 7.34. The van der Waals surface area contributed by atoms with E-state index in [9.17, 15) is 0 Å². The molecule has 3 aliphatic rings. The van der Waals surface area contributed by atoms with E-state index in [-0.39, 0.29) is 5.72 Å². The molecule has 1 aliphatic heterocycles. The molecule has 2 heteroatoms. The van der Waals surface area contributed by atoms with Gasteiger partial charge in [-0.25, -0.2) is 0 Å². The zero-order valence-corrected chi connectivity index (χ0v) is 8.11. The first-order valence-corrected chi connectivity index (χ1v) is 4.97. The van der Waals surface area contributed by atoms with E-state index in [1.54, 1.807) is 0 Å². The summed E-state index contributed by atoms with van der Waals surface area (Å²) < 4.78 is 0. The summed E-state index contributed by atoms with van der Waals surface area (Å²) in [5.74, 6) is 0.873. The Balaban J connectivity index is 2.11. The van der Waals surface area contributed by atoms with Crippen LogP contribution in [0.1, 0.15) is 40.0 Å². The average molecular weight is 167 g/mol. The van der Waals surface area contributed by atoms with Crippen LogP contribution < -0.4 is 5.48 Å². The van der Waals surface area contributed by atoms with Crippen LogP contribution in [-0.2, 0) is 4.84 Å². The molecule has 2 bridgehead atoms. The fourth-order valence-electron chi connectivity index (χ4n) is 3.80. The van der Waals surface area contributed by atoms with Gasteiger partial charge in [-0.05, 0) is 25.2 Å².